The highest BCUT2D eigenvalue weighted by molar-refractivity contribution is 5.95. The third-order valence-electron chi connectivity index (χ3n) is 4.58. The minimum Gasteiger partial charge on any atom is -0.465 e. The van der Waals surface area contributed by atoms with Crippen molar-refractivity contribution in [3.05, 3.63) is 29.3 Å². The minimum absolute atomic E-state index is 0.00631. The van der Waals surface area contributed by atoms with Crippen LogP contribution in [0.2, 0.25) is 0 Å². The monoisotopic (exact) mass is 318 g/mol. The van der Waals surface area contributed by atoms with Gasteiger partial charge in [0.25, 0.3) is 0 Å². The highest BCUT2D eigenvalue weighted by Crippen LogP contribution is 2.24. The number of rotatable bonds is 5. The van der Waals surface area contributed by atoms with Crippen molar-refractivity contribution in [2.75, 3.05) is 25.5 Å². The molecule has 0 bridgehead atoms. The number of esters is 1. The Bertz CT molecular complexity index is 565. The number of ether oxygens (including phenoxy) is 1. The number of nitrogens with one attached hydrogen (secondary N) is 2. The lowest BCUT2D eigenvalue weighted by molar-refractivity contribution is -0.117. The van der Waals surface area contributed by atoms with E-state index in [0.717, 1.165) is 18.7 Å². The van der Waals surface area contributed by atoms with Gasteiger partial charge in [0.15, 0.2) is 0 Å². The third-order valence-corrected chi connectivity index (χ3v) is 4.58. The molecule has 1 saturated heterocycles. The molecule has 2 N–H and O–H groups in total. The van der Waals surface area contributed by atoms with Gasteiger partial charge in [-0.1, -0.05) is 13.0 Å². The van der Waals surface area contributed by atoms with E-state index in [4.69, 9.17) is 4.74 Å². The van der Waals surface area contributed by atoms with Crippen molar-refractivity contribution in [2.24, 2.45) is 11.8 Å². The molecule has 1 aromatic rings. The van der Waals surface area contributed by atoms with E-state index in [1.807, 2.05) is 13.0 Å². The van der Waals surface area contributed by atoms with Crippen molar-refractivity contribution in [1.82, 2.24) is 5.32 Å². The van der Waals surface area contributed by atoms with Gasteiger partial charge < -0.3 is 15.4 Å². The average molecular weight is 318 g/mol. The highest BCUT2D eigenvalue weighted by Gasteiger charge is 2.22. The molecule has 1 aromatic carbocycles. The molecule has 1 amide bonds. The molecule has 0 radical (unpaired) electrons. The number of methoxy groups -OCH3 is 1. The van der Waals surface area contributed by atoms with Crippen LogP contribution in [0.15, 0.2) is 18.2 Å². The lowest BCUT2D eigenvalue weighted by atomic mass is 9.85. The van der Waals surface area contributed by atoms with Crippen LogP contribution in [0.5, 0.6) is 0 Å². The van der Waals surface area contributed by atoms with E-state index in [9.17, 15) is 9.59 Å². The highest BCUT2D eigenvalue weighted by atomic mass is 16.5. The summed E-state index contributed by atoms with van der Waals surface area (Å²) in [6, 6.07) is 5.19. The first kappa shape index (κ1) is 17.5. The number of hydrogen-bond acceptors (Lipinski definition) is 4. The van der Waals surface area contributed by atoms with Gasteiger partial charge in [0.05, 0.1) is 12.7 Å². The Balaban J connectivity index is 1.97. The van der Waals surface area contributed by atoms with Gasteiger partial charge in [-0.05, 0) is 62.4 Å². The van der Waals surface area contributed by atoms with Crippen molar-refractivity contribution >= 4 is 17.6 Å². The van der Waals surface area contributed by atoms with Crippen molar-refractivity contribution in [1.29, 1.82) is 0 Å². The molecule has 0 saturated carbocycles. The molecule has 126 valence electrons. The second-order valence-electron chi connectivity index (χ2n) is 6.36. The summed E-state index contributed by atoms with van der Waals surface area (Å²) in [6.45, 7) is 6.11. The van der Waals surface area contributed by atoms with Crippen LogP contribution >= 0.6 is 0 Å². The summed E-state index contributed by atoms with van der Waals surface area (Å²) in [5.41, 5.74) is 2.04. The maximum atomic E-state index is 12.3. The van der Waals surface area contributed by atoms with E-state index in [1.165, 1.54) is 20.0 Å². The third kappa shape index (κ3) is 4.79. The summed E-state index contributed by atoms with van der Waals surface area (Å²) < 4.78 is 4.72. The zero-order valence-electron chi connectivity index (χ0n) is 14.1. The van der Waals surface area contributed by atoms with E-state index >= 15 is 0 Å². The van der Waals surface area contributed by atoms with E-state index < -0.39 is 5.97 Å². The smallest absolute Gasteiger partial charge is 0.337 e. The van der Waals surface area contributed by atoms with Crippen LogP contribution in [-0.4, -0.2) is 32.1 Å². The van der Waals surface area contributed by atoms with Crippen LogP contribution in [0.25, 0.3) is 0 Å². The summed E-state index contributed by atoms with van der Waals surface area (Å²) in [7, 11) is 1.35. The van der Waals surface area contributed by atoms with E-state index in [-0.39, 0.29) is 5.91 Å². The summed E-state index contributed by atoms with van der Waals surface area (Å²) in [4.78, 5) is 23.9. The molecule has 1 fully saturated rings. The van der Waals surface area contributed by atoms with Crippen LogP contribution in [0.3, 0.4) is 0 Å². The molecule has 23 heavy (non-hydrogen) atoms. The molecule has 2 atom stereocenters. The summed E-state index contributed by atoms with van der Waals surface area (Å²) in [5.74, 6) is 0.485. The number of amides is 1. The first-order valence-corrected chi connectivity index (χ1v) is 8.20. The molecule has 2 rings (SSSR count). The van der Waals surface area contributed by atoms with E-state index in [1.54, 1.807) is 12.1 Å². The number of benzene rings is 1. The molecule has 0 spiro atoms. The molecule has 1 aliphatic rings. The molecule has 2 unspecified atom stereocenters. The van der Waals surface area contributed by atoms with Crippen LogP contribution < -0.4 is 10.6 Å². The van der Waals surface area contributed by atoms with Gasteiger partial charge in [-0.25, -0.2) is 4.79 Å². The first-order chi connectivity index (χ1) is 11.0. The van der Waals surface area contributed by atoms with Crippen LogP contribution in [-0.2, 0) is 9.53 Å². The lowest BCUT2D eigenvalue weighted by Crippen LogP contribution is -2.34. The van der Waals surface area contributed by atoms with Crippen molar-refractivity contribution in [3.63, 3.8) is 0 Å². The molecule has 0 aromatic heterocycles. The Hall–Kier alpha value is -1.88. The quantitative estimate of drug-likeness (QED) is 0.819. The maximum Gasteiger partial charge on any atom is 0.337 e. The Morgan fingerprint density at radius 2 is 2.22 bits per heavy atom. The topological polar surface area (TPSA) is 67.4 Å². The molecular formula is C18H26N2O3. The molecular weight excluding hydrogens is 292 g/mol. The second-order valence-corrected chi connectivity index (χ2v) is 6.36. The van der Waals surface area contributed by atoms with Crippen LogP contribution in [0, 0.1) is 18.8 Å². The average Bonchev–Trinajstić information content (AvgIpc) is 2.56. The molecule has 5 nitrogen and oxygen atoms in total. The SMILES string of the molecule is COC(=O)c1ccc(C)c(NC(=O)CC(C)C2CCCNC2)c1. The van der Waals surface area contributed by atoms with Crippen molar-refractivity contribution in [2.45, 2.75) is 33.1 Å². The molecule has 0 aliphatic carbocycles. The number of anilines is 1. The van der Waals surface area contributed by atoms with E-state index in [0.29, 0.717) is 29.5 Å². The lowest BCUT2D eigenvalue weighted by Gasteiger charge is -2.28. The fourth-order valence-corrected chi connectivity index (χ4v) is 3.03. The number of aryl methyl sites for hydroxylation is 1. The van der Waals surface area contributed by atoms with Crippen LogP contribution in [0.4, 0.5) is 5.69 Å². The fourth-order valence-electron chi connectivity index (χ4n) is 3.03. The fraction of sp³-hybridized carbons (Fsp3) is 0.556. The zero-order valence-corrected chi connectivity index (χ0v) is 14.1. The minimum atomic E-state index is -0.401. The zero-order chi connectivity index (χ0) is 16.8. The first-order valence-electron chi connectivity index (χ1n) is 8.20. The van der Waals surface area contributed by atoms with Gasteiger partial charge in [0, 0.05) is 12.1 Å². The largest absolute Gasteiger partial charge is 0.465 e. The number of hydrogen-bond donors (Lipinski definition) is 2. The second kappa shape index (κ2) is 8.11. The van der Waals surface area contributed by atoms with Crippen molar-refractivity contribution < 1.29 is 14.3 Å². The maximum absolute atomic E-state index is 12.3. The molecule has 5 heteroatoms. The Morgan fingerprint density at radius 3 is 2.87 bits per heavy atom. The van der Waals surface area contributed by atoms with Gasteiger partial charge in [-0.2, -0.15) is 0 Å². The van der Waals surface area contributed by atoms with Gasteiger partial charge >= 0.3 is 5.97 Å². The summed E-state index contributed by atoms with van der Waals surface area (Å²) >= 11 is 0. The van der Waals surface area contributed by atoms with Gasteiger partial charge in [-0.15, -0.1) is 0 Å². The summed E-state index contributed by atoms with van der Waals surface area (Å²) in [5, 5.41) is 6.32. The predicted octanol–water partition coefficient (Wildman–Crippen LogP) is 2.75. The van der Waals surface area contributed by atoms with E-state index in [2.05, 4.69) is 17.6 Å². The predicted molar refractivity (Wildman–Crippen MR) is 90.5 cm³/mol. The van der Waals surface area contributed by atoms with Gasteiger partial charge in [-0.3, -0.25) is 4.79 Å². The normalized spacial score (nSPS) is 19.0. The van der Waals surface area contributed by atoms with Crippen LogP contribution in [0.1, 0.15) is 42.1 Å². The number of carbonyl (C=O) groups excluding carboxylic acids is 2. The van der Waals surface area contributed by atoms with Gasteiger partial charge in [0.1, 0.15) is 0 Å². The number of piperidine rings is 1. The standard InChI is InChI=1S/C18H26N2O3/c1-12-6-7-14(18(22)23-3)10-16(12)20-17(21)9-13(2)15-5-4-8-19-11-15/h6-7,10,13,15,19H,4-5,8-9,11H2,1-3H3,(H,20,21). The Kier molecular flexibility index (Phi) is 6.16. The Labute approximate surface area is 137 Å². The molecule has 1 aliphatic heterocycles. The van der Waals surface area contributed by atoms with Gasteiger partial charge in [0.2, 0.25) is 5.91 Å². The molecule has 1 heterocycles. The Morgan fingerprint density at radius 1 is 1.43 bits per heavy atom. The summed E-state index contributed by atoms with van der Waals surface area (Å²) in [6.07, 6.45) is 2.85. The van der Waals surface area contributed by atoms with Crippen molar-refractivity contribution in [3.8, 4) is 0 Å². The number of carbonyl (C=O) groups is 2.